The SMILES string of the molecule is CCOC1CCCN(c2ncccc2N)C1. The molecule has 16 heavy (non-hydrogen) atoms. The van der Waals surface area contributed by atoms with E-state index in [4.69, 9.17) is 10.5 Å². The molecule has 1 aromatic rings. The predicted molar refractivity (Wildman–Crippen MR) is 65.5 cm³/mol. The van der Waals surface area contributed by atoms with Crippen LogP contribution in [0.15, 0.2) is 18.3 Å². The molecule has 2 heterocycles. The van der Waals surface area contributed by atoms with Crippen molar-refractivity contribution in [2.24, 2.45) is 0 Å². The van der Waals surface area contributed by atoms with Gasteiger partial charge >= 0.3 is 0 Å². The number of nitrogen functional groups attached to an aromatic ring is 1. The third kappa shape index (κ3) is 2.44. The van der Waals surface area contributed by atoms with Crippen LogP contribution in [0.2, 0.25) is 0 Å². The summed E-state index contributed by atoms with van der Waals surface area (Å²) in [5.41, 5.74) is 6.68. The van der Waals surface area contributed by atoms with E-state index in [9.17, 15) is 0 Å². The van der Waals surface area contributed by atoms with Gasteiger partial charge in [-0.25, -0.2) is 4.98 Å². The van der Waals surface area contributed by atoms with Crippen molar-refractivity contribution in [3.05, 3.63) is 18.3 Å². The highest BCUT2D eigenvalue weighted by Crippen LogP contribution is 2.24. The molecule has 1 aromatic heterocycles. The van der Waals surface area contributed by atoms with Gasteiger partial charge in [0.05, 0.1) is 11.8 Å². The lowest BCUT2D eigenvalue weighted by Gasteiger charge is -2.33. The first-order chi connectivity index (χ1) is 7.81. The molecule has 0 saturated carbocycles. The van der Waals surface area contributed by atoms with Gasteiger partial charge in [0.2, 0.25) is 0 Å². The molecule has 0 amide bonds. The summed E-state index contributed by atoms with van der Waals surface area (Å²) in [6, 6.07) is 3.76. The second-order valence-corrected chi connectivity index (χ2v) is 4.08. The molecule has 0 spiro atoms. The van der Waals surface area contributed by atoms with Crippen molar-refractivity contribution in [2.75, 3.05) is 30.3 Å². The summed E-state index contributed by atoms with van der Waals surface area (Å²) in [5.74, 6) is 0.895. The van der Waals surface area contributed by atoms with Crippen molar-refractivity contribution in [1.29, 1.82) is 0 Å². The van der Waals surface area contributed by atoms with E-state index in [-0.39, 0.29) is 0 Å². The molecule has 2 rings (SSSR count). The molecule has 1 fully saturated rings. The van der Waals surface area contributed by atoms with E-state index in [0.717, 1.165) is 44.0 Å². The zero-order chi connectivity index (χ0) is 11.4. The average Bonchev–Trinajstić information content (AvgIpc) is 2.30. The minimum Gasteiger partial charge on any atom is -0.396 e. The van der Waals surface area contributed by atoms with Crippen molar-refractivity contribution >= 4 is 11.5 Å². The first-order valence-corrected chi connectivity index (χ1v) is 5.88. The van der Waals surface area contributed by atoms with Crippen LogP contribution in [0.25, 0.3) is 0 Å². The summed E-state index contributed by atoms with van der Waals surface area (Å²) >= 11 is 0. The molecule has 0 aliphatic carbocycles. The standard InChI is InChI=1S/C12H19N3O/c1-2-16-10-5-4-8-15(9-10)12-11(13)6-3-7-14-12/h3,6-7,10H,2,4-5,8-9,13H2,1H3. The fraction of sp³-hybridized carbons (Fsp3) is 0.583. The lowest BCUT2D eigenvalue weighted by atomic mass is 10.1. The monoisotopic (exact) mass is 221 g/mol. The average molecular weight is 221 g/mol. The highest BCUT2D eigenvalue weighted by molar-refractivity contribution is 5.62. The molecule has 1 unspecified atom stereocenters. The maximum Gasteiger partial charge on any atom is 0.151 e. The Bertz CT molecular complexity index is 341. The van der Waals surface area contributed by atoms with Crippen molar-refractivity contribution in [3.63, 3.8) is 0 Å². The maximum absolute atomic E-state index is 5.93. The highest BCUT2D eigenvalue weighted by atomic mass is 16.5. The van der Waals surface area contributed by atoms with Crippen molar-refractivity contribution in [2.45, 2.75) is 25.9 Å². The lowest BCUT2D eigenvalue weighted by Crippen LogP contribution is -2.40. The number of nitrogens with two attached hydrogens (primary N) is 1. The summed E-state index contributed by atoms with van der Waals surface area (Å²) in [5, 5.41) is 0. The third-order valence-corrected chi connectivity index (χ3v) is 2.90. The van der Waals surface area contributed by atoms with Crippen molar-refractivity contribution in [1.82, 2.24) is 4.98 Å². The molecule has 0 radical (unpaired) electrons. The van der Waals surface area contributed by atoms with Crippen LogP contribution in [0, 0.1) is 0 Å². The number of pyridine rings is 1. The molecular formula is C12H19N3O. The zero-order valence-electron chi connectivity index (χ0n) is 9.72. The topological polar surface area (TPSA) is 51.4 Å². The van der Waals surface area contributed by atoms with Gasteiger partial charge in [0.1, 0.15) is 0 Å². The lowest BCUT2D eigenvalue weighted by molar-refractivity contribution is 0.0525. The predicted octanol–water partition coefficient (Wildman–Crippen LogP) is 1.67. The van der Waals surface area contributed by atoms with Gasteiger partial charge in [0.15, 0.2) is 5.82 Å². The first-order valence-electron chi connectivity index (χ1n) is 5.88. The van der Waals surface area contributed by atoms with Gasteiger partial charge < -0.3 is 15.4 Å². The smallest absolute Gasteiger partial charge is 0.151 e. The highest BCUT2D eigenvalue weighted by Gasteiger charge is 2.21. The number of piperidine rings is 1. The summed E-state index contributed by atoms with van der Waals surface area (Å²) in [4.78, 5) is 6.56. The van der Waals surface area contributed by atoms with Crippen molar-refractivity contribution < 1.29 is 4.74 Å². The first kappa shape index (κ1) is 11.2. The fourth-order valence-corrected chi connectivity index (χ4v) is 2.18. The van der Waals surface area contributed by atoms with E-state index in [1.165, 1.54) is 0 Å². The summed E-state index contributed by atoms with van der Waals surface area (Å²) in [6.45, 7) is 4.73. The van der Waals surface area contributed by atoms with E-state index in [2.05, 4.69) is 9.88 Å². The van der Waals surface area contributed by atoms with E-state index in [1.807, 2.05) is 19.1 Å². The molecular weight excluding hydrogens is 202 g/mol. The number of hydrogen-bond acceptors (Lipinski definition) is 4. The van der Waals surface area contributed by atoms with Crippen molar-refractivity contribution in [3.8, 4) is 0 Å². The summed E-state index contributed by atoms with van der Waals surface area (Å²) < 4.78 is 5.66. The molecule has 0 bridgehead atoms. The normalized spacial score (nSPS) is 21.1. The number of nitrogens with zero attached hydrogens (tertiary/aromatic N) is 2. The van der Waals surface area contributed by atoms with Crippen LogP contribution in [0.5, 0.6) is 0 Å². The van der Waals surface area contributed by atoms with Gasteiger partial charge in [-0.3, -0.25) is 0 Å². The van der Waals surface area contributed by atoms with Gasteiger partial charge in [-0.15, -0.1) is 0 Å². The zero-order valence-corrected chi connectivity index (χ0v) is 9.72. The summed E-state index contributed by atoms with van der Waals surface area (Å²) in [7, 11) is 0. The fourth-order valence-electron chi connectivity index (χ4n) is 2.18. The largest absolute Gasteiger partial charge is 0.396 e. The Kier molecular flexibility index (Phi) is 3.62. The Hall–Kier alpha value is -1.29. The van der Waals surface area contributed by atoms with Crippen LogP contribution >= 0.6 is 0 Å². The number of aromatic nitrogens is 1. The molecule has 4 nitrogen and oxygen atoms in total. The van der Waals surface area contributed by atoms with Gasteiger partial charge in [0.25, 0.3) is 0 Å². The van der Waals surface area contributed by atoms with Crippen LogP contribution in [0.1, 0.15) is 19.8 Å². The summed E-state index contributed by atoms with van der Waals surface area (Å²) in [6.07, 6.45) is 4.38. The second kappa shape index (κ2) is 5.16. The van der Waals surface area contributed by atoms with Gasteiger partial charge in [-0.2, -0.15) is 0 Å². The number of rotatable bonds is 3. The Labute approximate surface area is 96.4 Å². The molecule has 1 aliphatic heterocycles. The van der Waals surface area contributed by atoms with Crippen LogP contribution in [0.4, 0.5) is 11.5 Å². The van der Waals surface area contributed by atoms with E-state index in [0.29, 0.717) is 6.10 Å². The minimum absolute atomic E-state index is 0.320. The molecule has 0 aromatic carbocycles. The van der Waals surface area contributed by atoms with Gasteiger partial charge in [-0.05, 0) is 31.9 Å². The number of hydrogen-bond donors (Lipinski definition) is 1. The number of anilines is 2. The van der Waals surface area contributed by atoms with E-state index < -0.39 is 0 Å². The van der Waals surface area contributed by atoms with Crippen LogP contribution in [-0.4, -0.2) is 30.8 Å². The molecule has 1 atom stereocenters. The van der Waals surface area contributed by atoms with E-state index in [1.54, 1.807) is 6.20 Å². The maximum atomic E-state index is 5.93. The third-order valence-electron chi connectivity index (χ3n) is 2.90. The molecule has 2 N–H and O–H groups in total. The molecule has 4 heteroatoms. The van der Waals surface area contributed by atoms with E-state index >= 15 is 0 Å². The molecule has 88 valence electrons. The molecule has 1 aliphatic rings. The van der Waals surface area contributed by atoms with Gasteiger partial charge in [0, 0.05) is 25.9 Å². The Morgan fingerprint density at radius 3 is 3.25 bits per heavy atom. The van der Waals surface area contributed by atoms with Gasteiger partial charge in [-0.1, -0.05) is 0 Å². The minimum atomic E-state index is 0.320. The van der Waals surface area contributed by atoms with Crippen LogP contribution in [0.3, 0.4) is 0 Å². The molecule has 1 saturated heterocycles. The Balaban J connectivity index is 2.07. The Morgan fingerprint density at radius 1 is 1.62 bits per heavy atom. The second-order valence-electron chi connectivity index (χ2n) is 4.08. The number of ether oxygens (including phenoxy) is 1. The Morgan fingerprint density at radius 2 is 2.50 bits per heavy atom. The quantitative estimate of drug-likeness (QED) is 0.843. The van der Waals surface area contributed by atoms with Crippen LogP contribution < -0.4 is 10.6 Å². The van der Waals surface area contributed by atoms with Crippen LogP contribution in [-0.2, 0) is 4.74 Å².